The van der Waals surface area contributed by atoms with Crippen LogP contribution in [0.1, 0.15) is 37.6 Å². The minimum Gasteiger partial charge on any atom is -0.381 e. The van der Waals surface area contributed by atoms with Gasteiger partial charge < -0.3 is 9.30 Å². The van der Waals surface area contributed by atoms with Crippen molar-refractivity contribution < 1.29 is 4.74 Å². The van der Waals surface area contributed by atoms with Crippen LogP contribution in [0.3, 0.4) is 0 Å². The molecule has 0 saturated heterocycles. The predicted octanol–water partition coefficient (Wildman–Crippen LogP) is 3.73. The lowest BCUT2D eigenvalue weighted by Crippen LogP contribution is -2.08. The van der Waals surface area contributed by atoms with Gasteiger partial charge in [0, 0.05) is 38.3 Å². The van der Waals surface area contributed by atoms with Crippen LogP contribution in [-0.2, 0) is 17.7 Å². The van der Waals surface area contributed by atoms with Gasteiger partial charge >= 0.3 is 0 Å². The van der Waals surface area contributed by atoms with Gasteiger partial charge in [-0.2, -0.15) is 0 Å². The molecule has 0 aliphatic carbocycles. The molecule has 0 amide bonds. The van der Waals surface area contributed by atoms with Crippen molar-refractivity contribution in [2.24, 2.45) is 0 Å². The zero-order valence-corrected chi connectivity index (χ0v) is 13.7. The molecule has 2 rings (SSSR count). The van der Waals surface area contributed by atoms with E-state index in [1.807, 2.05) is 13.1 Å². The van der Waals surface area contributed by atoms with E-state index in [0.717, 1.165) is 61.6 Å². The summed E-state index contributed by atoms with van der Waals surface area (Å²) in [6.07, 6.45) is 5.94. The Hall–Kier alpha value is -1.13. The van der Waals surface area contributed by atoms with Crippen LogP contribution in [0, 0.1) is 6.92 Å². The third-order valence-corrected chi connectivity index (χ3v) is 3.62. The lowest BCUT2D eigenvalue weighted by molar-refractivity contribution is 0.126. The minimum atomic E-state index is 0.579. The molecular formula is C16H24ClN3O. The van der Waals surface area contributed by atoms with E-state index in [0.29, 0.717) is 5.88 Å². The number of hydrogen-bond acceptors (Lipinski definition) is 3. The highest BCUT2D eigenvalue weighted by Gasteiger charge is 2.11. The van der Waals surface area contributed by atoms with Crippen molar-refractivity contribution >= 4 is 22.8 Å². The van der Waals surface area contributed by atoms with Gasteiger partial charge in [-0.1, -0.05) is 13.3 Å². The molecule has 0 saturated carbocycles. The smallest absolute Gasteiger partial charge is 0.160 e. The number of aromatic nitrogens is 3. The number of aryl methyl sites for hydroxylation is 3. The predicted molar refractivity (Wildman–Crippen MR) is 87.0 cm³/mol. The SMILES string of the molecule is CCCCOCCCn1c(CCCl)nc2cc(C)cnc21. The Labute approximate surface area is 131 Å². The standard InChI is InChI=1S/C16H24ClN3O/c1-3-4-9-21-10-5-8-20-15(6-7-17)19-14-11-13(2)12-18-16(14)20/h11-12H,3-10H2,1-2H3. The number of fused-ring (bicyclic) bond motifs is 1. The van der Waals surface area contributed by atoms with Crippen molar-refractivity contribution in [1.29, 1.82) is 0 Å². The van der Waals surface area contributed by atoms with Crippen molar-refractivity contribution in [3.05, 3.63) is 23.7 Å². The summed E-state index contributed by atoms with van der Waals surface area (Å²) >= 11 is 5.89. The van der Waals surface area contributed by atoms with E-state index in [9.17, 15) is 0 Å². The Kier molecular flexibility index (Phi) is 6.46. The number of halogens is 1. The Morgan fingerprint density at radius 2 is 2.10 bits per heavy atom. The van der Waals surface area contributed by atoms with Crippen LogP contribution in [0.2, 0.25) is 0 Å². The first-order valence-electron chi connectivity index (χ1n) is 7.71. The van der Waals surface area contributed by atoms with Crippen LogP contribution in [0.15, 0.2) is 12.3 Å². The van der Waals surface area contributed by atoms with Gasteiger partial charge in [0.05, 0.1) is 0 Å². The van der Waals surface area contributed by atoms with Crippen molar-refractivity contribution in [1.82, 2.24) is 14.5 Å². The van der Waals surface area contributed by atoms with Crippen molar-refractivity contribution in [2.45, 2.75) is 46.1 Å². The summed E-state index contributed by atoms with van der Waals surface area (Å²) in [6.45, 7) is 6.73. The third-order valence-electron chi connectivity index (χ3n) is 3.43. The van der Waals surface area contributed by atoms with Gasteiger partial charge in [0.2, 0.25) is 0 Å². The molecule has 2 aromatic rings. The number of nitrogens with zero attached hydrogens (tertiary/aromatic N) is 3. The number of hydrogen-bond donors (Lipinski definition) is 0. The fourth-order valence-corrected chi connectivity index (χ4v) is 2.51. The second kappa shape index (κ2) is 8.35. The molecule has 0 radical (unpaired) electrons. The number of unbranched alkanes of at least 4 members (excludes halogenated alkanes) is 1. The van der Waals surface area contributed by atoms with Gasteiger partial charge in [-0.25, -0.2) is 9.97 Å². The third kappa shape index (κ3) is 4.42. The fraction of sp³-hybridized carbons (Fsp3) is 0.625. The molecule has 0 bridgehead atoms. The number of pyridine rings is 1. The molecular weight excluding hydrogens is 286 g/mol. The number of rotatable bonds is 9. The number of imidazole rings is 1. The first kappa shape index (κ1) is 16.2. The number of ether oxygens (including phenoxy) is 1. The normalized spacial score (nSPS) is 11.4. The van der Waals surface area contributed by atoms with E-state index in [2.05, 4.69) is 27.5 Å². The molecule has 5 heteroatoms. The average molecular weight is 310 g/mol. The Balaban J connectivity index is 2.04. The second-order valence-electron chi connectivity index (χ2n) is 5.29. The minimum absolute atomic E-state index is 0.579. The quantitative estimate of drug-likeness (QED) is 0.523. The van der Waals surface area contributed by atoms with Crippen molar-refractivity contribution in [2.75, 3.05) is 19.1 Å². The van der Waals surface area contributed by atoms with Gasteiger partial charge in [-0.15, -0.1) is 11.6 Å². The highest BCUT2D eigenvalue weighted by Crippen LogP contribution is 2.16. The average Bonchev–Trinajstić information content (AvgIpc) is 2.80. The number of alkyl halides is 1. The molecule has 0 aliphatic rings. The fourth-order valence-electron chi connectivity index (χ4n) is 2.34. The lowest BCUT2D eigenvalue weighted by atomic mass is 10.3. The molecule has 0 atom stereocenters. The molecule has 0 aromatic carbocycles. The summed E-state index contributed by atoms with van der Waals surface area (Å²) in [4.78, 5) is 9.20. The van der Waals surface area contributed by atoms with E-state index >= 15 is 0 Å². The van der Waals surface area contributed by atoms with Crippen molar-refractivity contribution in [3.63, 3.8) is 0 Å². The van der Waals surface area contributed by atoms with Crippen LogP contribution in [0.25, 0.3) is 11.2 Å². The van der Waals surface area contributed by atoms with Crippen LogP contribution in [0.5, 0.6) is 0 Å². The second-order valence-corrected chi connectivity index (χ2v) is 5.67. The highest BCUT2D eigenvalue weighted by molar-refractivity contribution is 6.17. The maximum atomic E-state index is 5.89. The topological polar surface area (TPSA) is 39.9 Å². The maximum absolute atomic E-state index is 5.89. The summed E-state index contributed by atoms with van der Waals surface area (Å²) in [7, 11) is 0. The monoisotopic (exact) mass is 309 g/mol. The summed E-state index contributed by atoms with van der Waals surface area (Å²) in [5.41, 5.74) is 3.05. The van der Waals surface area contributed by atoms with Gasteiger partial charge in [-0.3, -0.25) is 0 Å². The van der Waals surface area contributed by atoms with Gasteiger partial charge in [-0.05, 0) is 31.4 Å². The van der Waals surface area contributed by atoms with Crippen LogP contribution >= 0.6 is 11.6 Å². The highest BCUT2D eigenvalue weighted by atomic mass is 35.5. The van der Waals surface area contributed by atoms with E-state index in [4.69, 9.17) is 16.3 Å². The van der Waals surface area contributed by atoms with Gasteiger partial charge in [0.1, 0.15) is 11.3 Å². The Morgan fingerprint density at radius 3 is 2.86 bits per heavy atom. The largest absolute Gasteiger partial charge is 0.381 e. The molecule has 0 N–H and O–H groups in total. The zero-order valence-electron chi connectivity index (χ0n) is 12.9. The molecule has 0 fully saturated rings. The first-order valence-corrected chi connectivity index (χ1v) is 8.25. The molecule has 0 aliphatic heterocycles. The maximum Gasteiger partial charge on any atom is 0.160 e. The Bertz CT molecular complexity index is 568. The van der Waals surface area contributed by atoms with E-state index in [1.54, 1.807) is 0 Å². The molecule has 116 valence electrons. The zero-order chi connectivity index (χ0) is 15.1. The van der Waals surface area contributed by atoms with Crippen molar-refractivity contribution in [3.8, 4) is 0 Å². The molecule has 2 heterocycles. The van der Waals surface area contributed by atoms with E-state index in [-0.39, 0.29) is 0 Å². The van der Waals surface area contributed by atoms with E-state index in [1.165, 1.54) is 6.42 Å². The lowest BCUT2D eigenvalue weighted by Gasteiger charge is -2.08. The summed E-state index contributed by atoms with van der Waals surface area (Å²) in [5, 5.41) is 0. The summed E-state index contributed by atoms with van der Waals surface area (Å²) in [6, 6.07) is 2.08. The van der Waals surface area contributed by atoms with Crippen LogP contribution in [-0.4, -0.2) is 33.6 Å². The molecule has 0 unspecified atom stereocenters. The van der Waals surface area contributed by atoms with E-state index < -0.39 is 0 Å². The molecule has 21 heavy (non-hydrogen) atoms. The molecule has 0 spiro atoms. The first-order chi connectivity index (χ1) is 10.3. The van der Waals surface area contributed by atoms with Gasteiger partial charge in [0.25, 0.3) is 0 Å². The molecule has 2 aromatic heterocycles. The van der Waals surface area contributed by atoms with Gasteiger partial charge in [0.15, 0.2) is 5.65 Å². The summed E-state index contributed by atoms with van der Waals surface area (Å²) in [5.74, 6) is 1.60. The Morgan fingerprint density at radius 1 is 1.29 bits per heavy atom. The summed E-state index contributed by atoms with van der Waals surface area (Å²) < 4.78 is 7.80. The van der Waals surface area contributed by atoms with Crippen LogP contribution in [0.4, 0.5) is 0 Å². The molecule has 4 nitrogen and oxygen atoms in total. The van der Waals surface area contributed by atoms with Crippen LogP contribution < -0.4 is 0 Å².